The molecule has 2 heteroatoms. The summed E-state index contributed by atoms with van der Waals surface area (Å²) in [7, 11) is 0. The third kappa shape index (κ3) is 4.08. The van der Waals surface area contributed by atoms with Crippen molar-refractivity contribution in [2.45, 2.75) is 27.7 Å². The second kappa shape index (κ2) is 7.08. The molecule has 0 aliphatic heterocycles. The van der Waals surface area contributed by atoms with Crippen LogP contribution >= 0.6 is 0 Å². The van der Waals surface area contributed by atoms with Crippen LogP contribution in [0.4, 0.5) is 0 Å². The standard InChI is InChI=1S/C20H22O2/c1-14-8-16(3)17(4)19(9-14)10-15(2)13-22-20-7-5-6-18(11-20)12-21/h5-12H,13H2,1-4H3. The summed E-state index contributed by atoms with van der Waals surface area (Å²) in [6.45, 7) is 8.95. The van der Waals surface area contributed by atoms with Gasteiger partial charge in [-0.05, 0) is 62.1 Å². The molecule has 0 spiro atoms. The molecule has 22 heavy (non-hydrogen) atoms. The monoisotopic (exact) mass is 294 g/mol. The van der Waals surface area contributed by atoms with Gasteiger partial charge in [0.15, 0.2) is 0 Å². The number of ether oxygens (including phenoxy) is 1. The highest BCUT2D eigenvalue weighted by atomic mass is 16.5. The fourth-order valence-corrected chi connectivity index (χ4v) is 2.40. The molecular formula is C20H22O2. The number of hydrogen-bond donors (Lipinski definition) is 0. The lowest BCUT2D eigenvalue weighted by atomic mass is 9.99. The third-order valence-corrected chi connectivity index (χ3v) is 3.71. The fraction of sp³-hybridized carbons (Fsp3) is 0.250. The van der Waals surface area contributed by atoms with Crippen molar-refractivity contribution in [1.29, 1.82) is 0 Å². The Morgan fingerprint density at radius 2 is 1.91 bits per heavy atom. The summed E-state index contributed by atoms with van der Waals surface area (Å²) in [5.41, 5.74) is 6.88. The molecule has 0 fully saturated rings. The number of aldehydes is 1. The van der Waals surface area contributed by atoms with E-state index in [0.717, 1.165) is 17.6 Å². The van der Waals surface area contributed by atoms with Gasteiger partial charge in [-0.25, -0.2) is 0 Å². The second-order valence-electron chi connectivity index (χ2n) is 5.77. The summed E-state index contributed by atoms with van der Waals surface area (Å²) in [6.07, 6.45) is 2.99. The number of aryl methyl sites for hydroxylation is 2. The number of rotatable bonds is 5. The summed E-state index contributed by atoms with van der Waals surface area (Å²) >= 11 is 0. The lowest BCUT2D eigenvalue weighted by molar-refractivity contribution is 0.112. The summed E-state index contributed by atoms with van der Waals surface area (Å²) < 4.78 is 5.76. The Morgan fingerprint density at radius 3 is 2.64 bits per heavy atom. The van der Waals surface area contributed by atoms with E-state index in [2.05, 4.69) is 45.9 Å². The maximum Gasteiger partial charge on any atom is 0.150 e. The first-order valence-corrected chi connectivity index (χ1v) is 7.42. The molecule has 0 radical (unpaired) electrons. The van der Waals surface area contributed by atoms with Gasteiger partial charge in [0.1, 0.15) is 18.6 Å². The molecule has 0 bridgehead atoms. The average molecular weight is 294 g/mol. The van der Waals surface area contributed by atoms with Crippen LogP contribution in [0.1, 0.15) is 39.5 Å². The van der Waals surface area contributed by atoms with Crippen LogP contribution < -0.4 is 4.74 Å². The molecule has 0 saturated heterocycles. The van der Waals surface area contributed by atoms with E-state index in [1.165, 1.54) is 22.3 Å². The smallest absolute Gasteiger partial charge is 0.150 e. The fourth-order valence-electron chi connectivity index (χ4n) is 2.40. The SMILES string of the molecule is CC(=Cc1cc(C)cc(C)c1C)COc1cccc(C=O)c1. The largest absolute Gasteiger partial charge is 0.489 e. The van der Waals surface area contributed by atoms with Gasteiger partial charge in [-0.1, -0.05) is 35.9 Å². The Hall–Kier alpha value is -2.35. The van der Waals surface area contributed by atoms with Crippen molar-refractivity contribution < 1.29 is 9.53 Å². The normalized spacial score (nSPS) is 11.4. The van der Waals surface area contributed by atoms with Gasteiger partial charge in [0.2, 0.25) is 0 Å². The predicted molar refractivity (Wildman–Crippen MR) is 91.6 cm³/mol. The molecule has 0 saturated carbocycles. The van der Waals surface area contributed by atoms with Gasteiger partial charge in [-0.2, -0.15) is 0 Å². The minimum Gasteiger partial charge on any atom is -0.489 e. The van der Waals surface area contributed by atoms with Crippen LogP contribution in [0.2, 0.25) is 0 Å². The minimum atomic E-state index is 0.509. The van der Waals surface area contributed by atoms with E-state index < -0.39 is 0 Å². The first kappa shape index (κ1) is 16.0. The molecule has 0 unspecified atom stereocenters. The maximum atomic E-state index is 10.8. The van der Waals surface area contributed by atoms with Crippen LogP contribution in [0, 0.1) is 20.8 Å². The number of hydrogen-bond acceptors (Lipinski definition) is 2. The van der Waals surface area contributed by atoms with E-state index >= 15 is 0 Å². The molecule has 0 atom stereocenters. The van der Waals surface area contributed by atoms with Gasteiger partial charge in [0.05, 0.1) is 0 Å². The van der Waals surface area contributed by atoms with Crippen LogP contribution in [-0.4, -0.2) is 12.9 Å². The van der Waals surface area contributed by atoms with Gasteiger partial charge in [-0.15, -0.1) is 0 Å². The molecular weight excluding hydrogens is 272 g/mol. The third-order valence-electron chi connectivity index (χ3n) is 3.71. The Labute approximate surface area is 132 Å². The van der Waals surface area contributed by atoms with E-state index in [1.54, 1.807) is 12.1 Å². The summed E-state index contributed by atoms with van der Waals surface area (Å²) in [4.78, 5) is 10.8. The van der Waals surface area contributed by atoms with Crippen molar-refractivity contribution in [2.75, 3.05) is 6.61 Å². The quantitative estimate of drug-likeness (QED) is 0.733. The van der Waals surface area contributed by atoms with Crippen LogP contribution in [0.15, 0.2) is 42.0 Å². The van der Waals surface area contributed by atoms with Crippen molar-refractivity contribution in [2.24, 2.45) is 0 Å². The first-order chi connectivity index (χ1) is 10.5. The first-order valence-electron chi connectivity index (χ1n) is 7.42. The lowest BCUT2D eigenvalue weighted by Gasteiger charge is -2.10. The lowest BCUT2D eigenvalue weighted by Crippen LogP contribution is -1.99. The highest BCUT2D eigenvalue weighted by Crippen LogP contribution is 2.19. The molecule has 0 aliphatic carbocycles. The Kier molecular flexibility index (Phi) is 5.16. The molecule has 2 nitrogen and oxygen atoms in total. The summed E-state index contributed by atoms with van der Waals surface area (Å²) in [5, 5.41) is 0. The molecule has 2 aromatic rings. The van der Waals surface area contributed by atoms with E-state index in [0.29, 0.717) is 12.2 Å². The molecule has 0 N–H and O–H groups in total. The van der Waals surface area contributed by atoms with Crippen LogP contribution in [0.5, 0.6) is 5.75 Å². The molecule has 0 aromatic heterocycles. The Bertz CT molecular complexity index is 712. The van der Waals surface area contributed by atoms with Gasteiger partial charge in [0.25, 0.3) is 0 Å². The summed E-state index contributed by atoms with van der Waals surface area (Å²) in [5.74, 6) is 0.717. The minimum absolute atomic E-state index is 0.509. The van der Waals surface area contributed by atoms with Crippen molar-refractivity contribution >= 4 is 12.4 Å². The topological polar surface area (TPSA) is 26.3 Å². The van der Waals surface area contributed by atoms with E-state index in [4.69, 9.17) is 4.74 Å². The molecule has 2 aromatic carbocycles. The van der Waals surface area contributed by atoms with Gasteiger partial charge in [0, 0.05) is 5.56 Å². The molecule has 0 heterocycles. The van der Waals surface area contributed by atoms with Crippen molar-refractivity contribution in [1.82, 2.24) is 0 Å². The zero-order chi connectivity index (χ0) is 16.1. The molecule has 114 valence electrons. The van der Waals surface area contributed by atoms with Crippen molar-refractivity contribution in [3.8, 4) is 5.75 Å². The Balaban J connectivity index is 2.11. The van der Waals surface area contributed by atoms with E-state index in [9.17, 15) is 4.79 Å². The van der Waals surface area contributed by atoms with E-state index in [-0.39, 0.29) is 0 Å². The predicted octanol–water partition coefficient (Wildman–Crippen LogP) is 4.91. The Morgan fingerprint density at radius 1 is 1.14 bits per heavy atom. The van der Waals surface area contributed by atoms with E-state index in [1.807, 2.05) is 12.1 Å². The average Bonchev–Trinajstić information content (AvgIpc) is 2.50. The number of carbonyl (C=O) groups excluding carboxylic acids is 1. The highest BCUT2D eigenvalue weighted by Gasteiger charge is 2.02. The van der Waals surface area contributed by atoms with Gasteiger partial charge in [-0.3, -0.25) is 4.79 Å². The number of carbonyl (C=O) groups is 1. The molecule has 2 rings (SSSR count). The van der Waals surface area contributed by atoms with Crippen LogP contribution in [-0.2, 0) is 0 Å². The maximum absolute atomic E-state index is 10.8. The van der Waals surface area contributed by atoms with Gasteiger partial charge >= 0.3 is 0 Å². The zero-order valence-corrected chi connectivity index (χ0v) is 13.6. The van der Waals surface area contributed by atoms with Crippen LogP contribution in [0.3, 0.4) is 0 Å². The molecule has 0 amide bonds. The highest BCUT2D eigenvalue weighted by molar-refractivity contribution is 5.75. The van der Waals surface area contributed by atoms with Crippen molar-refractivity contribution in [3.05, 3.63) is 69.8 Å². The van der Waals surface area contributed by atoms with Crippen LogP contribution in [0.25, 0.3) is 6.08 Å². The second-order valence-corrected chi connectivity index (χ2v) is 5.77. The summed E-state index contributed by atoms with van der Waals surface area (Å²) in [6, 6.07) is 11.6. The van der Waals surface area contributed by atoms with Crippen molar-refractivity contribution in [3.63, 3.8) is 0 Å². The van der Waals surface area contributed by atoms with Gasteiger partial charge < -0.3 is 4.74 Å². The molecule has 0 aliphatic rings. The number of benzene rings is 2. The zero-order valence-electron chi connectivity index (χ0n) is 13.6.